The maximum atomic E-state index is 12.8. The summed E-state index contributed by atoms with van der Waals surface area (Å²) in [5, 5.41) is 3.74. The first-order valence-corrected chi connectivity index (χ1v) is 10.5. The molecule has 0 spiro atoms. The second-order valence-electron chi connectivity index (χ2n) is 6.49. The van der Waals surface area contributed by atoms with E-state index in [2.05, 4.69) is 26.7 Å². The molecular weight excluding hydrogens is 414 g/mol. The number of pyridine rings is 1. The molecule has 1 N–H and O–H groups in total. The van der Waals surface area contributed by atoms with E-state index >= 15 is 0 Å². The Bertz CT molecular complexity index is 1270. The van der Waals surface area contributed by atoms with Gasteiger partial charge >= 0.3 is 0 Å². The summed E-state index contributed by atoms with van der Waals surface area (Å²) in [5.74, 6) is 5.75. The van der Waals surface area contributed by atoms with Crippen molar-refractivity contribution in [2.24, 2.45) is 0 Å². The Hall–Kier alpha value is -2.86. The van der Waals surface area contributed by atoms with Gasteiger partial charge in [-0.15, -0.1) is 0 Å². The minimum absolute atomic E-state index is 0.0835. The quantitative estimate of drug-likeness (QED) is 0.639. The number of hydrogen-bond donors (Lipinski definition) is 1. The number of benzene rings is 1. The maximum absolute atomic E-state index is 12.8. The number of aryl methyl sites for hydroxylation is 1. The van der Waals surface area contributed by atoms with Gasteiger partial charge in [0.25, 0.3) is 15.9 Å². The van der Waals surface area contributed by atoms with E-state index in [4.69, 9.17) is 20.9 Å². The van der Waals surface area contributed by atoms with E-state index in [0.29, 0.717) is 18.9 Å². The average Bonchev–Trinajstić information content (AvgIpc) is 3.30. The SMILES string of the molecule is Cc1noc(NS(=O)(=O)c2cccnc2C#Cc2ccc3c(c2C)COC3)c1Cl. The molecule has 9 heteroatoms. The summed E-state index contributed by atoms with van der Waals surface area (Å²) in [4.78, 5) is 4.05. The van der Waals surface area contributed by atoms with E-state index in [9.17, 15) is 8.42 Å². The van der Waals surface area contributed by atoms with Gasteiger partial charge in [0.05, 0.1) is 13.2 Å². The number of sulfonamides is 1. The fraction of sp³-hybridized carbons (Fsp3) is 0.200. The number of halogens is 1. The molecule has 0 unspecified atom stereocenters. The van der Waals surface area contributed by atoms with Crippen molar-refractivity contribution in [2.45, 2.75) is 32.0 Å². The van der Waals surface area contributed by atoms with Gasteiger partial charge in [0.15, 0.2) is 0 Å². The highest BCUT2D eigenvalue weighted by Gasteiger charge is 2.23. The van der Waals surface area contributed by atoms with Crippen LogP contribution >= 0.6 is 11.6 Å². The van der Waals surface area contributed by atoms with Gasteiger partial charge in [-0.3, -0.25) is 0 Å². The summed E-state index contributed by atoms with van der Waals surface area (Å²) in [5.41, 5.74) is 4.59. The minimum Gasteiger partial charge on any atom is -0.372 e. The molecule has 0 amide bonds. The Morgan fingerprint density at radius 2 is 2.00 bits per heavy atom. The maximum Gasteiger partial charge on any atom is 0.267 e. The van der Waals surface area contributed by atoms with Crippen LogP contribution in [0.25, 0.3) is 0 Å². The molecule has 29 heavy (non-hydrogen) atoms. The van der Waals surface area contributed by atoms with Crippen LogP contribution in [0, 0.1) is 25.7 Å². The highest BCUT2D eigenvalue weighted by Crippen LogP contribution is 2.28. The zero-order valence-corrected chi connectivity index (χ0v) is 17.2. The van der Waals surface area contributed by atoms with E-state index < -0.39 is 10.0 Å². The number of aromatic nitrogens is 2. The summed E-state index contributed by atoms with van der Waals surface area (Å²) in [6, 6.07) is 6.82. The van der Waals surface area contributed by atoms with Crippen molar-refractivity contribution >= 4 is 27.5 Å². The first-order valence-electron chi connectivity index (χ1n) is 8.67. The van der Waals surface area contributed by atoms with Gasteiger partial charge in [0.2, 0.25) is 0 Å². The van der Waals surface area contributed by atoms with Crippen LogP contribution in [0.4, 0.5) is 5.88 Å². The van der Waals surface area contributed by atoms with Crippen LogP contribution in [-0.4, -0.2) is 18.6 Å². The smallest absolute Gasteiger partial charge is 0.267 e. The first-order chi connectivity index (χ1) is 13.9. The Morgan fingerprint density at radius 3 is 2.76 bits per heavy atom. The third kappa shape index (κ3) is 3.72. The third-order valence-electron chi connectivity index (χ3n) is 4.59. The highest BCUT2D eigenvalue weighted by atomic mass is 35.5. The van der Waals surface area contributed by atoms with Crippen molar-refractivity contribution in [3.05, 3.63) is 69.1 Å². The molecule has 0 saturated carbocycles. The monoisotopic (exact) mass is 429 g/mol. The van der Waals surface area contributed by atoms with E-state index in [1.165, 1.54) is 18.3 Å². The largest absolute Gasteiger partial charge is 0.372 e. The molecule has 1 aliphatic rings. The van der Waals surface area contributed by atoms with Crippen LogP contribution in [0.15, 0.2) is 39.9 Å². The van der Waals surface area contributed by atoms with E-state index in [1.54, 1.807) is 6.92 Å². The van der Waals surface area contributed by atoms with E-state index in [1.807, 2.05) is 19.1 Å². The molecular formula is C20H16ClN3O4S. The van der Waals surface area contributed by atoms with Crippen molar-refractivity contribution < 1.29 is 17.7 Å². The molecule has 148 valence electrons. The summed E-state index contributed by atoms with van der Waals surface area (Å²) < 4.78 is 38.4. The number of ether oxygens (including phenoxy) is 1. The molecule has 0 saturated heterocycles. The number of nitrogens with zero attached hydrogens (tertiary/aromatic N) is 2. The Labute approximate surface area is 173 Å². The average molecular weight is 430 g/mol. The highest BCUT2D eigenvalue weighted by molar-refractivity contribution is 7.92. The molecule has 0 atom stereocenters. The molecule has 1 aromatic carbocycles. The molecule has 3 aromatic rings. The second kappa shape index (κ2) is 7.52. The van der Waals surface area contributed by atoms with Gasteiger partial charge in [-0.05, 0) is 54.7 Å². The summed E-state index contributed by atoms with van der Waals surface area (Å²) in [7, 11) is -4.03. The number of rotatable bonds is 3. The lowest BCUT2D eigenvalue weighted by molar-refractivity contribution is 0.134. The number of anilines is 1. The van der Waals surface area contributed by atoms with Crippen molar-refractivity contribution in [3.8, 4) is 11.8 Å². The second-order valence-corrected chi connectivity index (χ2v) is 8.51. The molecule has 2 aromatic heterocycles. The predicted molar refractivity (Wildman–Crippen MR) is 107 cm³/mol. The fourth-order valence-electron chi connectivity index (χ4n) is 2.97. The molecule has 7 nitrogen and oxygen atoms in total. The lowest BCUT2D eigenvalue weighted by atomic mass is 9.99. The first kappa shape index (κ1) is 19.5. The van der Waals surface area contributed by atoms with Gasteiger partial charge in [-0.25, -0.2) is 18.1 Å². The Morgan fingerprint density at radius 1 is 1.17 bits per heavy atom. The van der Waals surface area contributed by atoms with Crippen LogP contribution in [0.1, 0.15) is 33.6 Å². The van der Waals surface area contributed by atoms with E-state index in [0.717, 1.165) is 22.3 Å². The van der Waals surface area contributed by atoms with Crippen molar-refractivity contribution in [2.75, 3.05) is 4.72 Å². The van der Waals surface area contributed by atoms with Crippen LogP contribution in [-0.2, 0) is 28.0 Å². The molecule has 1 aliphatic heterocycles. The van der Waals surface area contributed by atoms with Gasteiger partial charge in [-0.2, -0.15) is 0 Å². The van der Waals surface area contributed by atoms with Crippen molar-refractivity contribution in [1.29, 1.82) is 0 Å². The van der Waals surface area contributed by atoms with Crippen molar-refractivity contribution in [3.63, 3.8) is 0 Å². The zero-order chi connectivity index (χ0) is 20.6. The lowest BCUT2D eigenvalue weighted by Crippen LogP contribution is -2.15. The molecule has 0 aliphatic carbocycles. The molecule has 3 heterocycles. The molecule has 4 rings (SSSR count). The lowest BCUT2D eigenvalue weighted by Gasteiger charge is -2.07. The van der Waals surface area contributed by atoms with Gasteiger partial charge in [-0.1, -0.05) is 28.7 Å². The minimum atomic E-state index is -4.03. The molecule has 0 fully saturated rings. The van der Waals surface area contributed by atoms with Crippen LogP contribution < -0.4 is 4.72 Å². The normalized spacial score (nSPS) is 12.9. The van der Waals surface area contributed by atoms with Crippen LogP contribution in [0.3, 0.4) is 0 Å². The zero-order valence-electron chi connectivity index (χ0n) is 15.6. The fourth-order valence-corrected chi connectivity index (χ4v) is 4.26. The van der Waals surface area contributed by atoms with Crippen LogP contribution in [0.5, 0.6) is 0 Å². The Balaban J connectivity index is 1.70. The summed E-state index contributed by atoms with van der Waals surface area (Å²) in [6.07, 6.45) is 1.48. The van der Waals surface area contributed by atoms with Gasteiger partial charge in [0.1, 0.15) is 21.3 Å². The van der Waals surface area contributed by atoms with Crippen molar-refractivity contribution in [1.82, 2.24) is 10.1 Å². The number of hydrogen-bond acceptors (Lipinski definition) is 6. The predicted octanol–water partition coefficient (Wildman–Crippen LogP) is 3.57. The third-order valence-corrected chi connectivity index (χ3v) is 6.40. The topological polar surface area (TPSA) is 94.3 Å². The Kier molecular flexibility index (Phi) is 5.04. The van der Waals surface area contributed by atoms with E-state index in [-0.39, 0.29) is 21.5 Å². The van der Waals surface area contributed by atoms with Gasteiger partial charge in [0, 0.05) is 11.8 Å². The van der Waals surface area contributed by atoms with Crippen LogP contribution in [0.2, 0.25) is 5.02 Å². The molecule has 0 bridgehead atoms. The summed E-state index contributed by atoms with van der Waals surface area (Å²) in [6.45, 7) is 4.74. The number of fused-ring (bicyclic) bond motifs is 1. The number of nitrogens with one attached hydrogen (secondary N) is 1. The standard InChI is InChI=1S/C20H16ClN3O4S/c1-12-14(5-6-15-10-27-11-16(12)15)7-8-17-18(4-3-9-22-17)29(25,26)24-20-19(21)13(2)23-28-20/h3-6,9,24H,10-11H2,1-2H3. The van der Waals surface area contributed by atoms with Gasteiger partial charge < -0.3 is 9.26 Å². The molecule has 0 radical (unpaired) electrons. The summed E-state index contributed by atoms with van der Waals surface area (Å²) >= 11 is 6.01.